The predicted octanol–water partition coefficient (Wildman–Crippen LogP) is 3.57. The molecule has 0 heterocycles. The Morgan fingerprint density at radius 2 is 1.89 bits per heavy atom. The Kier molecular flexibility index (Phi) is 3.27. The Morgan fingerprint density at radius 1 is 1.44 bits per heavy atom. The quantitative estimate of drug-likeness (QED) is 0.531. The summed E-state index contributed by atoms with van der Waals surface area (Å²) in [5, 5.41) is 0.961. The van der Waals surface area contributed by atoms with Crippen molar-refractivity contribution in [3.05, 3.63) is 11.1 Å². The molecule has 0 unspecified atom stereocenters. The first kappa shape index (κ1) is 9.03. The molecule has 9 heavy (non-hydrogen) atoms. The minimum absolute atomic E-state index is 0.229. The molecule has 0 rings (SSSR count). The molecule has 0 saturated heterocycles. The van der Waals surface area contributed by atoms with E-state index in [0.717, 1.165) is 11.5 Å². The molecule has 0 nitrogen and oxygen atoms in total. The lowest BCUT2D eigenvalue weighted by Crippen LogP contribution is -1.99. The minimum Gasteiger partial charge on any atom is -0.0895 e. The van der Waals surface area contributed by atoms with Gasteiger partial charge in [0, 0.05) is 5.03 Å². The van der Waals surface area contributed by atoms with Crippen molar-refractivity contribution in [2.45, 2.75) is 34.1 Å². The number of allylic oxidation sites excluding steroid dienone is 2. The molecule has 0 atom stereocenters. The molecule has 0 aliphatic heterocycles. The second-order valence-corrected chi connectivity index (χ2v) is 3.80. The molecule has 1 heteroatoms. The van der Waals surface area contributed by atoms with Crippen LogP contribution in [0.1, 0.15) is 34.1 Å². The van der Waals surface area contributed by atoms with Crippen LogP contribution in [0.25, 0.3) is 0 Å². The molecule has 0 spiro atoms. The highest BCUT2D eigenvalue weighted by Crippen LogP contribution is 2.20. The van der Waals surface area contributed by atoms with E-state index in [-0.39, 0.29) is 5.41 Å². The molecule has 0 bridgehead atoms. The average molecular weight is 147 g/mol. The van der Waals surface area contributed by atoms with Crippen LogP contribution in [0.3, 0.4) is 0 Å². The van der Waals surface area contributed by atoms with Gasteiger partial charge in [-0.2, -0.15) is 0 Å². The molecule has 0 amide bonds. The van der Waals surface area contributed by atoms with E-state index >= 15 is 0 Å². The van der Waals surface area contributed by atoms with Crippen LogP contribution >= 0.6 is 11.6 Å². The molecule has 0 fully saturated rings. The van der Waals surface area contributed by atoms with Crippen molar-refractivity contribution in [1.82, 2.24) is 0 Å². The highest BCUT2D eigenvalue weighted by molar-refractivity contribution is 6.29. The van der Waals surface area contributed by atoms with E-state index < -0.39 is 0 Å². The van der Waals surface area contributed by atoms with Crippen molar-refractivity contribution in [1.29, 1.82) is 0 Å². The Labute approximate surface area is 62.9 Å². The predicted molar refractivity (Wildman–Crippen MR) is 43.7 cm³/mol. The fraction of sp³-hybridized carbons (Fsp3) is 0.750. The highest BCUT2D eigenvalue weighted by Gasteiger charge is 2.05. The molecular formula is C8H15Cl. The third kappa shape index (κ3) is 5.91. The zero-order valence-corrected chi connectivity index (χ0v) is 7.42. The van der Waals surface area contributed by atoms with E-state index in [2.05, 4.69) is 33.8 Å². The number of hydrogen-bond donors (Lipinski definition) is 0. The molecule has 0 N–H and O–H groups in total. The molecule has 0 radical (unpaired) electrons. The van der Waals surface area contributed by atoms with Gasteiger partial charge >= 0.3 is 0 Å². The first-order valence-electron chi connectivity index (χ1n) is 3.33. The Morgan fingerprint density at radius 3 is 2.00 bits per heavy atom. The summed E-state index contributed by atoms with van der Waals surface area (Å²) in [7, 11) is 0. The normalized spacial score (nSPS) is 14.1. The van der Waals surface area contributed by atoms with Gasteiger partial charge in [-0.1, -0.05) is 45.4 Å². The zero-order chi connectivity index (χ0) is 7.49. The van der Waals surface area contributed by atoms with Gasteiger partial charge < -0.3 is 0 Å². The van der Waals surface area contributed by atoms with Crippen LogP contribution in [-0.4, -0.2) is 0 Å². The van der Waals surface area contributed by atoms with Crippen LogP contribution in [-0.2, 0) is 0 Å². The largest absolute Gasteiger partial charge is 0.0895 e. The minimum atomic E-state index is 0.229. The van der Waals surface area contributed by atoms with E-state index in [9.17, 15) is 0 Å². The van der Waals surface area contributed by atoms with Crippen molar-refractivity contribution in [3.63, 3.8) is 0 Å². The zero-order valence-electron chi connectivity index (χ0n) is 6.66. The van der Waals surface area contributed by atoms with Gasteiger partial charge in [0.05, 0.1) is 0 Å². The average Bonchev–Trinajstić information content (AvgIpc) is 1.62. The Bertz CT molecular complexity index is 106. The van der Waals surface area contributed by atoms with E-state index in [4.69, 9.17) is 11.6 Å². The molecule has 0 aromatic carbocycles. The van der Waals surface area contributed by atoms with E-state index in [0.29, 0.717) is 0 Å². The summed E-state index contributed by atoms with van der Waals surface area (Å²) in [5.74, 6) is 0. The van der Waals surface area contributed by atoms with Gasteiger partial charge in [0.1, 0.15) is 0 Å². The lowest BCUT2D eigenvalue weighted by molar-refractivity contribution is 0.541. The maximum atomic E-state index is 5.81. The van der Waals surface area contributed by atoms with Gasteiger partial charge in [0.2, 0.25) is 0 Å². The van der Waals surface area contributed by atoms with Gasteiger partial charge in [-0.05, 0) is 11.8 Å². The van der Waals surface area contributed by atoms with Gasteiger partial charge in [-0.3, -0.25) is 0 Å². The maximum Gasteiger partial charge on any atom is 0.0143 e. The summed E-state index contributed by atoms with van der Waals surface area (Å²) in [5.41, 5.74) is 0.229. The second kappa shape index (κ2) is 3.26. The SMILES string of the molecule is CC/C(Cl)=C/C(C)(C)C. The number of rotatable bonds is 1. The lowest BCUT2D eigenvalue weighted by atomic mass is 9.96. The van der Waals surface area contributed by atoms with E-state index in [1.807, 2.05) is 0 Å². The number of halogens is 1. The van der Waals surface area contributed by atoms with Crippen molar-refractivity contribution in [2.75, 3.05) is 0 Å². The van der Waals surface area contributed by atoms with Crippen LogP contribution in [0.2, 0.25) is 0 Å². The third-order valence-corrected chi connectivity index (χ3v) is 1.30. The Hall–Kier alpha value is 0.0300. The molecule has 54 valence electrons. The fourth-order valence-electron chi connectivity index (χ4n) is 0.572. The lowest BCUT2D eigenvalue weighted by Gasteiger charge is -2.11. The van der Waals surface area contributed by atoms with Crippen molar-refractivity contribution in [2.24, 2.45) is 5.41 Å². The standard InChI is InChI=1S/C8H15Cl/c1-5-7(9)6-8(2,3)4/h6H,5H2,1-4H3/b7-6-. The van der Waals surface area contributed by atoms with E-state index in [1.54, 1.807) is 0 Å². The Balaban J connectivity index is 3.95. The van der Waals surface area contributed by atoms with Crippen molar-refractivity contribution >= 4 is 11.6 Å². The number of hydrogen-bond acceptors (Lipinski definition) is 0. The first-order chi connectivity index (χ1) is 3.95. The summed E-state index contributed by atoms with van der Waals surface area (Å²) in [4.78, 5) is 0. The van der Waals surface area contributed by atoms with E-state index in [1.165, 1.54) is 0 Å². The van der Waals surface area contributed by atoms with Crippen LogP contribution in [0.4, 0.5) is 0 Å². The molecule has 0 saturated carbocycles. The molecule has 0 aliphatic carbocycles. The summed E-state index contributed by atoms with van der Waals surface area (Å²) < 4.78 is 0. The maximum absolute atomic E-state index is 5.81. The van der Waals surface area contributed by atoms with Crippen molar-refractivity contribution in [3.8, 4) is 0 Å². The van der Waals surface area contributed by atoms with Gasteiger partial charge in [-0.25, -0.2) is 0 Å². The second-order valence-electron chi connectivity index (χ2n) is 3.31. The van der Waals surface area contributed by atoms with Crippen LogP contribution in [0.15, 0.2) is 11.1 Å². The van der Waals surface area contributed by atoms with Gasteiger partial charge in [-0.15, -0.1) is 0 Å². The highest BCUT2D eigenvalue weighted by atomic mass is 35.5. The molecule has 0 aromatic heterocycles. The summed E-state index contributed by atoms with van der Waals surface area (Å²) in [6, 6.07) is 0. The fourth-order valence-corrected chi connectivity index (χ4v) is 0.899. The monoisotopic (exact) mass is 146 g/mol. The van der Waals surface area contributed by atoms with Crippen LogP contribution in [0.5, 0.6) is 0 Å². The summed E-state index contributed by atoms with van der Waals surface area (Å²) >= 11 is 5.81. The smallest absolute Gasteiger partial charge is 0.0143 e. The summed E-state index contributed by atoms with van der Waals surface area (Å²) in [6.07, 6.45) is 3.04. The topological polar surface area (TPSA) is 0 Å². The van der Waals surface area contributed by atoms with Gasteiger partial charge in [0.25, 0.3) is 0 Å². The third-order valence-electron chi connectivity index (χ3n) is 0.927. The van der Waals surface area contributed by atoms with Crippen molar-refractivity contribution < 1.29 is 0 Å². The molecule has 0 aliphatic rings. The molecular weight excluding hydrogens is 132 g/mol. The van der Waals surface area contributed by atoms with Crippen LogP contribution in [0, 0.1) is 5.41 Å². The van der Waals surface area contributed by atoms with Crippen LogP contribution < -0.4 is 0 Å². The molecule has 0 aromatic rings. The van der Waals surface area contributed by atoms with Gasteiger partial charge in [0.15, 0.2) is 0 Å². The first-order valence-corrected chi connectivity index (χ1v) is 3.70. The summed E-state index contributed by atoms with van der Waals surface area (Å²) in [6.45, 7) is 8.49.